The number of fused-ring (bicyclic) bond motifs is 1. The molecule has 2 aliphatic rings. The maximum Gasteiger partial charge on any atom is 0.310 e. The Labute approximate surface area is 118 Å². The summed E-state index contributed by atoms with van der Waals surface area (Å²) in [5, 5.41) is 9.25. The van der Waals surface area contributed by atoms with Crippen molar-refractivity contribution in [3.8, 4) is 11.5 Å². The third-order valence-electron chi connectivity index (χ3n) is 4.08. The van der Waals surface area contributed by atoms with Gasteiger partial charge in [0, 0.05) is 13.1 Å². The van der Waals surface area contributed by atoms with E-state index in [0.717, 1.165) is 30.2 Å². The first-order chi connectivity index (χ1) is 9.57. The van der Waals surface area contributed by atoms with Gasteiger partial charge < -0.3 is 14.6 Å². The molecule has 1 aromatic rings. The van der Waals surface area contributed by atoms with Crippen LogP contribution < -0.4 is 9.47 Å². The van der Waals surface area contributed by atoms with Crippen LogP contribution in [-0.2, 0) is 11.3 Å². The largest absolute Gasteiger partial charge is 0.486 e. The fourth-order valence-electron chi connectivity index (χ4n) is 2.81. The minimum atomic E-state index is -0.706. The number of carboxylic acid groups (broad SMARTS) is 1. The number of likely N-dealkylation sites (tertiary alicyclic amines) is 1. The van der Waals surface area contributed by atoms with Gasteiger partial charge in [-0.1, -0.05) is 6.07 Å². The van der Waals surface area contributed by atoms with Crippen LogP contribution >= 0.6 is 0 Å². The minimum Gasteiger partial charge on any atom is -0.486 e. The van der Waals surface area contributed by atoms with Crippen molar-refractivity contribution < 1.29 is 19.4 Å². The third kappa shape index (κ3) is 2.45. The van der Waals surface area contributed by atoms with Gasteiger partial charge in [-0.05, 0) is 37.6 Å². The normalized spacial score (nSPS) is 25.6. The molecule has 5 heteroatoms. The smallest absolute Gasteiger partial charge is 0.310 e. The molecule has 0 radical (unpaired) electrons. The summed E-state index contributed by atoms with van der Waals surface area (Å²) in [5.74, 6) is 0.868. The van der Waals surface area contributed by atoms with Gasteiger partial charge in [-0.15, -0.1) is 0 Å². The number of aliphatic carboxylic acids is 1. The van der Waals surface area contributed by atoms with Crippen LogP contribution in [0.5, 0.6) is 11.5 Å². The van der Waals surface area contributed by atoms with Crippen LogP contribution in [0.4, 0.5) is 0 Å². The topological polar surface area (TPSA) is 59.0 Å². The van der Waals surface area contributed by atoms with Gasteiger partial charge in [0.1, 0.15) is 13.2 Å². The molecular formula is C15H19NO4. The third-order valence-corrected chi connectivity index (χ3v) is 4.08. The molecule has 5 nitrogen and oxygen atoms in total. The molecule has 1 N–H and O–H groups in total. The highest BCUT2D eigenvalue weighted by molar-refractivity contribution is 5.74. The molecule has 1 unspecified atom stereocenters. The first kappa shape index (κ1) is 13.2. The minimum absolute atomic E-state index is 0.581. The lowest BCUT2D eigenvalue weighted by Crippen LogP contribution is -2.31. The zero-order chi connectivity index (χ0) is 14.2. The van der Waals surface area contributed by atoms with Crippen molar-refractivity contribution in [2.45, 2.75) is 19.9 Å². The zero-order valence-corrected chi connectivity index (χ0v) is 11.6. The molecule has 0 amide bonds. The quantitative estimate of drug-likeness (QED) is 0.912. The number of rotatable bonds is 3. The molecule has 1 atom stereocenters. The Morgan fingerprint density at radius 3 is 2.80 bits per heavy atom. The molecule has 108 valence electrons. The Bertz CT molecular complexity index is 531. The summed E-state index contributed by atoms with van der Waals surface area (Å²) in [6.45, 7) is 5.15. The van der Waals surface area contributed by atoms with Crippen molar-refractivity contribution in [3.05, 3.63) is 23.8 Å². The molecule has 3 rings (SSSR count). The summed E-state index contributed by atoms with van der Waals surface area (Å²) in [7, 11) is 0. The lowest BCUT2D eigenvalue weighted by Gasteiger charge is -2.22. The Morgan fingerprint density at radius 2 is 2.10 bits per heavy atom. The number of hydrogen-bond acceptors (Lipinski definition) is 4. The van der Waals surface area contributed by atoms with E-state index in [0.29, 0.717) is 26.2 Å². The van der Waals surface area contributed by atoms with Crippen molar-refractivity contribution in [1.82, 2.24) is 4.90 Å². The average Bonchev–Trinajstić information content (AvgIpc) is 2.81. The van der Waals surface area contributed by atoms with Gasteiger partial charge in [-0.25, -0.2) is 0 Å². The van der Waals surface area contributed by atoms with E-state index < -0.39 is 11.4 Å². The van der Waals surface area contributed by atoms with Crippen molar-refractivity contribution >= 4 is 5.97 Å². The van der Waals surface area contributed by atoms with Crippen molar-refractivity contribution in [2.24, 2.45) is 5.41 Å². The molecule has 1 saturated heterocycles. The highest BCUT2D eigenvalue weighted by atomic mass is 16.6. The lowest BCUT2D eigenvalue weighted by molar-refractivity contribution is -0.147. The molecule has 0 aromatic heterocycles. The van der Waals surface area contributed by atoms with Gasteiger partial charge >= 0.3 is 5.97 Å². The number of nitrogens with zero attached hydrogens (tertiary/aromatic N) is 1. The number of carbonyl (C=O) groups is 1. The molecule has 0 aliphatic carbocycles. The number of carboxylic acids is 1. The zero-order valence-electron chi connectivity index (χ0n) is 11.6. The van der Waals surface area contributed by atoms with E-state index in [4.69, 9.17) is 9.47 Å². The number of benzene rings is 1. The molecule has 0 bridgehead atoms. The van der Waals surface area contributed by atoms with Crippen molar-refractivity contribution in [3.63, 3.8) is 0 Å². The highest BCUT2D eigenvalue weighted by Gasteiger charge is 2.40. The van der Waals surface area contributed by atoms with Crippen LogP contribution in [0.2, 0.25) is 0 Å². The van der Waals surface area contributed by atoms with Gasteiger partial charge in [0.2, 0.25) is 0 Å². The van der Waals surface area contributed by atoms with E-state index >= 15 is 0 Å². The molecule has 20 heavy (non-hydrogen) atoms. The van der Waals surface area contributed by atoms with Crippen LogP contribution in [0.1, 0.15) is 18.9 Å². The standard InChI is InChI=1S/C15H19NO4/c1-15(14(17)18)4-5-16(10-15)9-11-2-3-12-13(8-11)20-7-6-19-12/h2-3,8H,4-7,9-10H2,1H3,(H,17,18). The Morgan fingerprint density at radius 1 is 1.35 bits per heavy atom. The maximum absolute atomic E-state index is 11.2. The van der Waals surface area contributed by atoms with Gasteiger partial charge in [0.25, 0.3) is 0 Å². The average molecular weight is 277 g/mol. The second-order valence-electron chi connectivity index (χ2n) is 5.80. The summed E-state index contributed by atoms with van der Waals surface area (Å²) in [4.78, 5) is 13.4. The van der Waals surface area contributed by atoms with E-state index in [9.17, 15) is 9.90 Å². The summed E-state index contributed by atoms with van der Waals surface area (Å²) >= 11 is 0. The molecule has 1 aromatic carbocycles. The van der Waals surface area contributed by atoms with Crippen LogP contribution in [0.3, 0.4) is 0 Å². The predicted octanol–water partition coefficient (Wildman–Crippen LogP) is 1.75. The first-order valence-corrected chi connectivity index (χ1v) is 6.91. The van der Waals surface area contributed by atoms with E-state index in [2.05, 4.69) is 4.90 Å². The van der Waals surface area contributed by atoms with Crippen LogP contribution in [0.25, 0.3) is 0 Å². The van der Waals surface area contributed by atoms with Gasteiger partial charge in [0.15, 0.2) is 11.5 Å². The first-order valence-electron chi connectivity index (χ1n) is 6.91. The second kappa shape index (κ2) is 4.98. The monoisotopic (exact) mass is 277 g/mol. The van der Waals surface area contributed by atoms with Crippen molar-refractivity contribution in [1.29, 1.82) is 0 Å². The fraction of sp³-hybridized carbons (Fsp3) is 0.533. The Kier molecular flexibility index (Phi) is 3.30. The number of ether oxygens (including phenoxy) is 2. The van der Waals surface area contributed by atoms with Gasteiger partial charge in [-0.3, -0.25) is 9.69 Å². The summed E-state index contributed by atoms with van der Waals surface area (Å²) in [6.07, 6.45) is 0.701. The molecule has 2 aliphatic heterocycles. The van der Waals surface area contributed by atoms with Gasteiger partial charge in [-0.2, -0.15) is 0 Å². The highest BCUT2D eigenvalue weighted by Crippen LogP contribution is 2.34. The summed E-state index contributed by atoms with van der Waals surface area (Å²) < 4.78 is 11.1. The van der Waals surface area contributed by atoms with Crippen LogP contribution in [0, 0.1) is 5.41 Å². The van der Waals surface area contributed by atoms with Gasteiger partial charge in [0.05, 0.1) is 5.41 Å². The van der Waals surface area contributed by atoms with E-state index in [1.807, 2.05) is 25.1 Å². The fourth-order valence-corrected chi connectivity index (χ4v) is 2.81. The predicted molar refractivity (Wildman–Crippen MR) is 73.1 cm³/mol. The summed E-state index contributed by atoms with van der Waals surface area (Å²) in [5.41, 5.74) is 0.511. The SMILES string of the molecule is CC1(C(=O)O)CCN(Cc2ccc3c(c2)OCCO3)C1. The molecule has 0 saturated carbocycles. The van der Waals surface area contributed by atoms with E-state index in [1.165, 1.54) is 0 Å². The number of hydrogen-bond donors (Lipinski definition) is 1. The molecule has 0 spiro atoms. The maximum atomic E-state index is 11.2. The lowest BCUT2D eigenvalue weighted by atomic mass is 9.90. The van der Waals surface area contributed by atoms with E-state index in [1.54, 1.807) is 0 Å². The Balaban J connectivity index is 1.68. The van der Waals surface area contributed by atoms with E-state index in [-0.39, 0.29) is 0 Å². The molecule has 2 heterocycles. The van der Waals surface area contributed by atoms with Crippen LogP contribution in [-0.4, -0.2) is 42.3 Å². The summed E-state index contributed by atoms with van der Waals surface area (Å²) in [6, 6.07) is 5.94. The Hall–Kier alpha value is -1.75. The molecule has 1 fully saturated rings. The second-order valence-corrected chi connectivity index (χ2v) is 5.80. The van der Waals surface area contributed by atoms with Crippen LogP contribution in [0.15, 0.2) is 18.2 Å². The van der Waals surface area contributed by atoms with Crippen molar-refractivity contribution in [2.75, 3.05) is 26.3 Å². The molecular weight excluding hydrogens is 258 g/mol.